The van der Waals surface area contributed by atoms with Gasteiger partial charge in [0, 0.05) is 0 Å². The van der Waals surface area contributed by atoms with E-state index in [0.29, 0.717) is 13.2 Å². The Kier molecular flexibility index (Phi) is 8.19. The predicted octanol–water partition coefficient (Wildman–Crippen LogP) is 2.10. The first-order valence-corrected chi connectivity index (χ1v) is 6.07. The quantitative estimate of drug-likeness (QED) is 0.551. The maximum absolute atomic E-state index is 11.4. The molecule has 0 unspecified atom stereocenters. The maximum atomic E-state index is 11.4. The summed E-state index contributed by atoms with van der Waals surface area (Å²) in [5, 5.41) is 2.43. The number of esters is 1. The first kappa shape index (κ1) is 15.7. The van der Waals surface area contributed by atoms with Crippen molar-refractivity contribution in [3.05, 3.63) is 0 Å². The van der Waals surface area contributed by atoms with Crippen LogP contribution in [0.2, 0.25) is 0 Å². The van der Waals surface area contributed by atoms with Crippen LogP contribution in [0.5, 0.6) is 0 Å². The number of carbonyl (C=O) groups excluding carboxylic acids is 2. The van der Waals surface area contributed by atoms with E-state index in [9.17, 15) is 9.59 Å². The molecule has 5 heteroatoms. The molecule has 0 fully saturated rings. The first-order valence-electron chi connectivity index (χ1n) is 6.07. The van der Waals surface area contributed by atoms with Gasteiger partial charge in [0.05, 0.1) is 13.2 Å². The number of ether oxygens (including phenoxy) is 2. The number of rotatable bonds is 7. The molecule has 0 radical (unpaired) electrons. The minimum Gasteiger partial charge on any atom is -0.464 e. The summed E-state index contributed by atoms with van der Waals surface area (Å²) in [5.74, 6) is -0.159. The summed E-state index contributed by atoms with van der Waals surface area (Å²) in [6.07, 6.45) is 1.20. The van der Waals surface area contributed by atoms with Crippen LogP contribution in [-0.2, 0) is 14.3 Å². The molecule has 0 aromatic heterocycles. The van der Waals surface area contributed by atoms with E-state index in [1.165, 1.54) is 0 Å². The molecule has 17 heavy (non-hydrogen) atoms. The zero-order valence-electron chi connectivity index (χ0n) is 11.1. The SMILES string of the molecule is CCCCOC(=O)N[C@@H](C)C(=O)OCC(C)C. The van der Waals surface area contributed by atoms with Gasteiger partial charge in [-0.05, 0) is 19.3 Å². The van der Waals surface area contributed by atoms with E-state index in [1.54, 1.807) is 6.92 Å². The summed E-state index contributed by atoms with van der Waals surface area (Å²) in [6.45, 7) is 8.21. The smallest absolute Gasteiger partial charge is 0.407 e. The minimum atomic E-state index is -0.678. The number of unbranched alkanes of at least 4 members (excludes halogenated alkanes) is 1. The average Bonchev–Trinajstić information content (AvgIpc) is 2.26. The largest absolute Gasteiger partial charge is 0.464 e. The van der Waals surface area contributed by atoms with Crippen LogP contribution in [0.25, 0.3) is 0 Å². The van der Waals surface area contributed by atoms with Crippen LogP contribution in [0.3, 0.4) is 0 Å². The fraction of sp³-hybridized carbons (Fsp3) is 0.833. The molecule has 0 saturated carbocycles. The van der Waals surface area contributed by atoms with Gasteiger partial charge >= 0.3 is 12.1 Å². The van der Waals surface area contributed by atoms with Crippen LogP contribution in [-0.4, -0.2) is 31.3 Å². The fourth-order valence-corrected chi connectivity index (χ4v) is 0.960. The molecule has 100 valence electrons. The van der Waals surface area contributed by atoms with Gasteiger partial charge in [0.15, 0.2) is 0 Å². The molecular formula is C12H23NO4. The lowest BCUT2D eigenvalue weighted by molar-refractivity contribution is -0.146. The number of hydrogen-bond donors (Lipinski definition) is 1. The molecule has 0 aliphatic carbocycles. The Morgan fingerprint density at radius 1 is 1.18 bits per heavy atom. The van der Waals surface area contributed by atoms with Crippen LogP contribution in [0.1, 0.15) is 40.5 Å². The molecule has 0 aliphatic heterocycles. The maximum Gasteiger partial charge on any atom is 0.407 e. The highest BCUT2D eigenvalue weighted by molar-refractivity contribution is 5.80. The summed E-state index contributed by atoms with van der Waals surface area (Å²) >= 11 is 0. The number of alkyl carbamates (subject to hydrolysis) is 1. The lowest BCUT2D eigenvalue weighted by atomic mass is 10.2. The van der Waals surface area contributed by atoms with Gasteiger partial charge in [0.1, 0.15) is 6.04 Å². The van der Waals surface area contributed by atoms with E-state index in [1.807, 2.05) is 20.8 Å². The van der Waals surface area contributed by atoms with Gasteiger partial charge in [0.25, 0.3) is 0 Å². The molecule has 0 aromatic carbocycles. The van der Waals surface area contributed by atoms with Crippen molar-refractivity contribution in [2.45, 2.75) is 46.6 Å². The van der Waals surface area contributed by atoms with Gasteiger partial charge in [0.2, 0.25) is 0 Å². The Morgan fingerprint density at radius 3 is 2.35 bits per heavy atom. The van der Waals surface area contributed by atoms with Gasteiger partial charge in [-0.3, -0.25) is 0 Å². The predicted molar refractivity (Wildman–Crippen MR) is 64.7 cm³/mol. The van der Waals surface area contributed by atoms with E-state index in [2.05, 4.69) is 5.32 Å². The molecule has 0 saturated heterocycles. The van der Waals surface area contributed by atoms with E-state index >= 15 is 0 Å². The number of nitrogens with one attached hydrogen (secondary N) is 1. The van der Waals surface area contributed by atoms with Crippen molar-refractivity contribution in [1.82, 2.24) is 5.32 Å². The summed E-state index contributed by atoms with van der Waals surface area (Å²) in [5.41, 5.74) is 0. The van der Waals surface area contributed by atoms with E-state index in [-0.39, 0.29) is 5.92 Å². The third kappa shape index (κ3) is 8.54. The second-order valence-corrected chi connectivity index (χ2v) is 4.38. The van der Waals surface area contributed by atoms with Crippen LogP contribution >= 0.6 is 0 Å². The van der Waals surface area contributed by atoms with Gasteiger partial charge in [-0.2, -0.15) is 0 Å². The van der Waals surface area contributed by atoms with Crippen molar-refractivity contribution in [3.8, 4) is 0 Å². The highest BCUT2D eigenvalue weighted by atomic mass is 16.6. The molecule has 0 aromatic rings. The van der Waals surface area contributed by atoms with Crippen molar-refractivity contribution in [2.75, 3.05) is 13.2 Å². The van der Waals surface area contributed by atoms with Gasteiger partial charge in [-0.15, -0.1) is 0 Å². The topological polar surface area (TPSA) is 64.6 Å². The number of amides is 1. The van der Waals surface area contributed by atoms with Crippen molar-refractivity contribution in [1.29, 1.82) is 0 Å². The molecule has 0 aliphatic rings. The van der Waals surface area contributed by atoms with Crippen molar-refractivity contribution < 1.29 is 19.1 Å². The Hall–Kier alpha value is -1.26. The summed E-state index contributed by atoms with van der Waals surface area (Å²) in [4.78, 5) is 22.7. The third-order valence-corrected chi connectivity index (χ3v) is 1.98. The zero-order valence-corrected chi connectivity index (χ0v) is 11.1. The van der Waals surface area contributed by atoms with Gasteiger partial charge in [-0.1, -0.05) is 27.2 Å². The highest BCUT2D eigenvalue weighted by Gasteiger charge is 2.17. The number of hydrogen-bond acceptors (Lipinski definition) is 4. The Labute approximate surface area is 103 Å². The standard InChI is InChI=1S/C12H23NO4/c1-5-6-7-16-12(15)13-10(4)11(14)17-8-9(2)3/h9-10H,5-8H2,1-4H3,(H,13,15)/t10-/m0/s1. The van der Waals surface area contributed by atoms with Gasteiger partial charge < -0.3 is 14.8 Å². The molecular weight excluding hydrogens is 222 g/mol. The van der Waals surface area contributed by atoms with Crippen molar-refractivity contribution in [2.24, 2.45) is 5.92 Å². The minimum absolute atomic E-state index is 0.280. The monoisotopic (exact) mass is 245 g/mol. The Morgan fingerprint density at radius 2 is 1.82 bits per heavy atom. The second-order valence-electron chi connectivity index (χ2n) is 4.38. The second kappa shape index (κ2) is 8.84. The molecule has 1 amide bonds. The lowest BCUT2D eigenvalue weighted by Crippen LogP contribution is -2.40. The average molecular weight is 245 g/mol. The summed E-state index contributed by atoms with van der Waals surface area (Å²) in [7, 11) is 0. The molecule has 0 rings (SSSR count). The van der Waals surface area contributed by atoms with E-state index in [4.69, 9.17) is 9.47 Å². The molecule has 1 N–H and O–H groups in total. The van der Waals surface area contributed by atoms with Crippen LogP contribution < -0.4 is 5.32 Å². The first-order chi connectivity index (χ1) is 7.97. The van der Waals surface area contributed by atoms with Crippen molar-refractivity contribution >= 4 is 12.1 Å². The normalized spacial score (nSPS) is 12.1. The van der Waals surface area contributed by atoms with E-state index in [0.717, 1.165) is 12.8 Å². The molecule has 1 atom stereocenters. The molecule has 5 nitrogen and oxygen atoms in total. The van der Waals surface area contributed by atoms with Crippen molar-refractivity contribution in [3.63, 3.8) is 0 Å². The summed E-state index contributed by atoms with van der Waals surface area (Å²) < 4.78 is 9.85. The van der Waals surface area contributed by atoms with Crippen LogP contribution in [0.4, 0.5) is 4.79 Å². The molecule has 0 spiro atoms. The number of carbonyl (C=O) groups is 2. The molecule has 0 heterocycles. The highest BCUT2D eigenvalue weighted by Crippen LogP contribution is 1.96. The zero-order chi connectivity index (χ0) is 13.3. The van der Waals surface area contributed by atoms with Crippen LogP contribution in [0, 0.1) is 5.92 Å². The lowest BCUT2D eigenvalue weighted by Gasteiger charge is -2.14. The van der Waals surface area contributed by atoms with Crippen LogP contribution in [0.15, 0.2) is 0 Å². The fourth-order valence-electron chi connectivity index (χ4n) is 0.960. The van der Waals surface area contributed by atoms with Gasteiger partial charge in [-0.25, -0.2) is 9.59 Å². The third-order valence-electron chi connectivity index (χ3n) is 1.98. The summed E-state index contributed by atoms with van der Waals surface area (Å²) in [6, 6.07) is -0.678. The van der Waals surface area contributed by atoms with E-state index < -0.39 is 18.1 Å². The Balaban J connectivity index is 3.78. The molecule has 0 bridgehead atoms. The Bertz CT molecular complexity index is 241.